The lowest BCUT2D eigenvalue weighted by Crippen LogP contribution is -2.37. The van der Waals surface area contributed by atoms with Crippen molar-refractivity contribution in [1.29, 1.82) is 0 Å². The van der Waals surface area contributed by atoms with E-state index in [9.17, 15) is 4.79 Å². The Morgan fingerprint density at radius 3 is 2.44 bits per heavy atom. The summed E-state index contributed by atoms with van der Waals surface area (Å²) in [7, 11) is 0. The van der Waals surface area contributed by atoms with Crippen LogP contribution in [-0.4, -0.2) is 23.8 Å². The van der Waals surface area contributed by atoms with Gasteiger partial charge in [0.1, 0.15) is 5.75 Å². The van der Waals surface area contributed by atoms with Gasteiger partial charge in [-0.25, -0.2) is 0 Å². The van der Waals surface area contributed by atoms with Gasteiger partial charge in [-0.15, -0.1) is 0 Å². The Bertz CT molecular complexity index is 735. The van der Waals surface area contributed by atoms with Crippen molar-refractivity contribution in [3.63, 3.8) is 0 Å². The van der Waals surface area contributed by atoms with Crippen molar-refractivity contribution >= 4 is 5.78 Å². The summed E-state index contributed by atoms with van der Waals surface area (Å²) in [4.78, 5) is 14.7. The van der Waals surface area contributed by atoms with Crippen LogP contribution in [0.3, 0.4) is 0 Å². The molecule has 1 aliphatic carbocycles. The van der Waals surface area contributed by atoms with E-state index in [-0.39, 0.29) is 12.0 Å². The fourth-order valence-corrected chi connectivity index (χ4v) is 4.00. The molecule has 130 valence electrons. The minimum atomic E-state index is -0.0787. The summed E-state index contributed by atoms with van der Waals surface area (Å²) in [6.07, 6.45) is 6.17. The van der Waals surface area contributed by atoms with Crippen LogP contribution < -0.4 is 4.74 Å². The molecule has 2 aliphatic rings. The zero-order valence-corrected chi connectivity index (χ0v) is 14.6. The minimum absolute atomic E-state index is 0.0787. The van der Waals surface area contributed by atoms with Crippen molar-refractivity contribution in [2.24, 2.45) is 0 Å². The number of nitrogens with zero attached hydrogens (tertiary/aromatic N) is 1. The molecular formula is C22H25NO2. The SMILES string of the molecule is O=C1CCCc2c(OC(c3ccccc3)N3CCCCC3)cccc21. The molecule has 25 heavy (non-hydrogen) atoms. The minimum Gasteiger partial charge on any atom is -0.471 e. The van der Waals surface area contributed by atoms with Gasteiger partial charge in [-0.2, -0.15) is 0 Å². The van der Waals surface area contributed by atoms with E-state index in [1.165, 1.54) is 24.8 Å². The van der Waals surface area contributed by atoms with Gasteiger partial charge in [0.05, 0.1) is 0 Å². The van der Waals surface area contributed by atoms with E-state index < -0.39 is 0 Å². The Morgan fingerprint density at radius 1 is 0.840 bits per heavy atom. The highest BCUT2D eigenvalue weighted by Gasteiger charge is 2.27. The molecule has 0 N–H and O–H groups in total. The maximum absolute atomic E-state index is 12.2. The number of carbonyl (C=O) groups is 1. The monoisotopic (exact) mass is 335 g/mol. The molecular weight excluding hydrogens is 310 g/mol. The number of hydrogen-bond donors (Lipinski definition) is 0. The molecule has 0 amide bonds. The van der Waals surface area contributed by atoms with Gasteiger partial charge < -0.3 is 4.74 Å². The van der Waals surface area contributed by atoms with E-state index in [0.717, 1.165) is 42.8 Å². The van der Waals surface area contributed by atoms with Crippen LogP contribution in [0.15, 0.2) is 48.5 Å². The largest absolute Gasteiger partial charge is 0.471 e. The number of fused-ring (bicyclic) bond motifs is 1. The van der Waals surface area contributed by atoms with Gasteiger partial charge in [-0.1, -0.05) is 48.9 Å². The molecule has 1 atom stereocenters. The van der Waals surface area contributed by atoms with E-state index >= 15 is 0 Å². The van der Waals surface area contributed by atoms with Crippen LogP contribution in [0.5, 0.6) is 5.75 Å². The normalized spacial score (nSPS) is 19.3. The zero-order valence-electron chi connectivity index (χ0n) is 14.6. The standard InChI is InChI=1S/C22H25NO2/c24-20-13-7-12-19-18(20)11-8-14-21(19)25-22(17-9-3-1-4-10-17)23-15-5-2-6-16-23/h1,3-4,8-11,14,22H,2,5-7,12-13,15-16H2. The van der Waals surface area contributed by atoms with Gasteiger partial charge >= 0.3 is 0 Å². The molecule has 3 heteroatoms. The molecule has 3 nitrogen and oxygen atoms in total. The van der Waals surface area contributed by atoms with E-state index in [4.69, 9.17) is 4.74 Å². The van der Waals surface area contributed by atoms with Crippen LogP contribution >= 0.6 is 0 Å². The fraction of sp³-hybridized carbons (Fsp3) is 0.409. The van der Waals surface area contributed by atoms with Crippen LogP contribution in [0, 0.1) is 0 Å². The lowest BCUT2D eigenvalue weighted by Gasteiger charge is -2.35. The summed E-state index contributed by atoms with van der Waals surface area (Å²) < 4.78 is 6.56. The molecule has 1 heterocycles. The lowest BCUT2D eigenvalue weighted by atomic mass is 9.90. The summed E-state index contributed by atoms with van der Waals surface area (Å²) in [6, 6.07) is 16.4. The van der Waals surface area contributed by atoms with E-state index in [0.29, 0.717) is 6.42 Å². The van der Waals surface area contributed by atoms with E-state index in [1.54, 1.807) is 0 Å². The predicted octanol–water partition coefficient (Wildman–Crippen LogP) is 4.77. The molecule has 1 saturated heterocycles. The third kappa shape index (κ3) is 3.47. The third-order valence-corrected chi connectivity index (χ3v) is 5.31. The number of piperidine rings is 1. The molecule has 4 rings (SSSR count). The van der Waals surface area contributed by atoms with Crippen LogP contribution in [0.4, 0.5) is 0 Å². The molecule has 0 aromatic heterocycles. The summed E-state index contributed by atoms with van der Waals surface area (Å²) in [5.74, 6) is 1.13. The van der Waals surface area contributed by atoms with Gasteiger partial charge in [0.2, 0.25) is 0 Å². The van der Waals surface area contributed by atoms with Crippen molar-refractivity contribution in [2.75, 3.05) is 13.1 Å². The second-order valence-corrected chi connectivity index (χ2v) is 7.04. The average Bonchev–Trinajstić information content (AvgIpc) is 2.68. The molecule has 0 saturated carbocycles. The van der Waals surface area contributed by atoms with Crippen LogP contribution in [-0.2, 0) is 6.42 Å². The predicted molar refractivity (Wildman–Crippen MR) is 98.9 cm³/mol. The molecule has 0 bridgehead atoms. The quantitative estimate of drug-likeness (QED) is 0.806. The van der Waals surface area contributed by atoms with Crippen molar-refractivity contribution in [3.8, 4) is 5.75 Å². The molecule has 0 spiro atoms. The van der Waals surface area contributed by atoms with Gasteiger partial charge in [-0.3, -0.25) is 9.69 Å². The maximum Gasteiger partial charge on any atom is 0.178 e. The summed E-state index contributed by atoms with van der Waals surface area (Å²) in [6.45, 7) is 2.13. The van der Waals surface area contributed by atoms with Crippen molar-refractivity contribution in [1.82, 2.24) is 4.90 Å². The number of rotatable bonds is 4. The highest BCUT2D eigenvalue weighted by atomic mass is 16.5. The Hall–Kier alpha value is -2.13. The molecule has 2 aromatic carbocycles. The Balaban J connectivity index is 1.67. The number of benzene rings is 2. The summed E-state index contributed by atoms with van der Waals surface area (Å²) in [5.41, 5.74) is 3.13. The summed E-state index contributed by atoms with van der Waals surface area (Å²) >= 11 is 0. The number of ether oxygens (including phenoxy) is 1. The first kappa shape index (κ1) is 16.3. The second-order valence-electron chi connectivity index (χ2n) is 7.04. The fourth-order valence-electron chi connectivity index (χ4n) is 4.00. The number of carbonyl (C=O) groups excluding carboxylic acids is 1. The van der Waals surface area contributed by atoms with Crippen molar-refractivity contribution in [3.05, 3.63) is 65.2 Å². The van der Waals surface area contributed by atoms with Gasteiger partial charge in [0.25, 0.3) is 0 Å². The Labute approximate surface area is 149 Å². The smallest absolute Gasteiger partial charge is 0.178 e. The first-order valence-electron chi connectivity index (χ1n) is 9.44. The number of likely N-dealkylation sites (tertiary alicyclic amines) is 1. The van der Waals surface area contributed by atoms with E-state index in [2.05, 4.69) is 29.2 Å². The molecule has 1 aliphatic heterocycles. The number of hydrogen-bond acceptors (Lipinski definition) is 3. The molecule has 2 aromatic rings. The van der Waals surface area contributed by atoms with Crippen LogP contribution in [0.25, 0.3) is 0 Å². The average molecular weight is 335 g/mol. The lowest BCUT2D eigenvalue weighted by molar-refractivity contribution is 0.00970. The molecule has 1 unspecified atom stereocenters. The maximum atomic E-state index is 12.2. The zero-order chi connectivity index (χ0) is 17.1. The van der Waals surface area contributed by atoms with E-state index in [1.807, 2.05) is 24.3 Å². The number of ketones is 1. The first-order valence-corrected chi connectivity index (χ1v) is 9.44. The van der Waals surface area contributed by atoms with Crippen molar-refractivity contribution in [2.45, 2.75) is 44.8 Å². The highest BCUT2D eigenvalue weighted by Crippen LogP contribution is 2.34. The Kier molecular flexibility index (Phi) is 4.84. The molecule has 1 fully saturated rings. The number of Topliss-reactive ketones (excluding diaryl/α,β-unsaturated/α-hetero) is 1. The van der Waals surface area contributed by atoms with Crippen molar-refractivity contribution < 1.29 is 9.53 Å². The van der Waals surface area contributed by atoms with Crippen LogP contribution in [0.1, 0.15) is 59.8 Å². The topological polar surface area (TPSA) is 29.5 Å². The van der Waals surface area contributed by atoms with Gasteiger partial charge in [0, 0.05) is 36.2 Å². The summed E-state index contributed by atoms with van der Waals surface area (Å²) in [5, 5.41) is 0. The Morgan fingerprint density at radius 2 is 1.64 bits per heavy atom. The van der Waals surface area contributed by atoms with Gasteiger partial charge in [0.15, 0.2) is 12.0 Å². The van der Waals surface area contributed by atoms with Crippen LogP contribution in [0.2, 0.25) is 0 Å². The second kappa shape index (κ2) is 7.40. The molecule has 0 radical (unpaired) electrons. The third-order valence-electron chi connectivity index (χ3n) is 5.31. The van der Waals surface area contributed by atoms with Gasteiger partial charge in [-0.05, 0) is 31.7 Å². The highest BCUT2D eigenvalue weighted by molar-refractivity contribution is 5.99. The first-order chi connectivity index (χ1) is 12.3.